The van der Waals surface area contributed by atoms with Crippen LogP contribution in [0.15, 0.2) is 120 Å². The number of para-hydroxylation sites is 1. The molecular weight excluding hydrogens is 613 g/mol. The van der Waals surface area contributed by atoms with Gasteiger partial charge >= 0.3 is 0 Å². The van der Waals surface area contributed by atoms with Gasteiger partial charge in [0, 0.05) is 33.0 Å². The van der Waals surface area contributed by atoms with E-state index in [-0.39, 0.29) is 0 Å². The van der Waals surface area contributed by atoms with Gasteiger partial charge in [0.2, 0.25) is 0 Å². The molecule has 2 aromatic heterocycles. The zero-order chi connectivity index (χ0) is 33.8. The first-order chi connectivity index (χ1) is 24.5. The van der Waals surface area contributed by atoms with Crippen LogP contribution in [0.1, 0.15) is 57.1 Å². The minimum Gasteiger partial charge on any atom is -0.455 e. The monoisotopic (exact) mass is 650 g/mol. The molecule has 2 saturated carbocycles. The van der Waals surface area contributed by atoms with Gasteiger partial charge in [0.25, 0.3) is 0 Å². The maximum absolute atomic E-state index is 9.36. The van der Waals surface area contributed by atoms with Crippen LogP contribution < -0.4 is 0 Å². The Bertz CT molecular complexity index is 2380. The third-order valence-corrected chi connectivity index (χ3v) is 11.1. The van der Waals surface area contributed by atoms with Crippen molar-refractivity contribution >= 4 is 21.9 Å². The molecule has 1 unspecified atom stereocenters. The van der Waals surface area contributed by atoms with Crippen molar-refractivity contribution in [3.8, 4) is 51.4 Å². The van der Waals surface area contributed by atoms with E-state index in [1.807, 2.05) is 54.6 Å². The molecule has 244 valence electrons. The van der Waals surface area contributed by atoms with Crippen molar-refractivity contribution in [2.45, 2.75) is 51.4 Å². The van der Waals surface area contributed by atoms with Crippen LogP contribution >= 0.6 is 0 Å². The lowest BCUT2D eigenvalue weighted by molar-refractivity contribution is 0.0780. The van der Waals surface area contributed by atoms with E-state index in [0.29, 0.717) is 28.5 Å². The maximum Gasteiger partial charge on any atom is 0.164 e. The van der Waals surface area contributed by atoms with E-state index < -0.39 is 0 Å². The molecule has 9 rings (SSSR count). The fourth-order valence-electron chi connectivity index (χ4n) is 9.36. The Morgan fingerprint density at radius 1 is 0.620 bits per heavy atom. The molecule has 0 amide bonds. The van der Waals surface area contributed by atoms with Gasteiger partial charge in [-0.05, 0) is 96.7 Å². The second-order valence-corrected chi connectivity index (χ2v) is 14.8. The van der Waals surface area contributed by atoms with Gasteiger partial charge in [-0.1, -0.05) is 98.8 Å². The summed E-state index contributed by atoms with van der Waals surface area (Å²) in [6.07, 6.45) is 6.69. The summed E-state index contributed by atoms with van der Waals surface area (Å²) < 4.78 is 6.69. The van der Waals surface area contributed by atoms with Crippen LogP contribution in [-0.4, -0.2) is 15.0 Å². The fourth-order valence-corrected chi connectivity index (χ4v) is 9.36. The number of rotatable bonds is 5. The molecular formula is C45H38N4O. The average Bonchev–Trinajstić information content (AvgIpc) is 3.54. The first kappa shape index (κ1) is 30.5. The zero-order valence-electron chi connectivity index (χ0n) is 28.4. The summed E-state index contributed by atoms with van der Waals surface area (Å²) in [5.74, 6) is 4.14. The Labute approximate surface area is 292 Å². The average molecular weight is 651 g/mol. The van der Waals surface area contributed by atoms with Crippen molar-refractivity contribution < 1.29 is 4.42 Å². The number of hydrogen-bond donors (Lipinski definition) is 0. The Morgan fingerprint density at radius 3 is 1.94 bits per heavy atom. The van der Waals surface area contributed by atoms with Gasteiger partial charge < -0.3 is 4.42 Å². The van der Waals surface area contributed by atoms with Crippen molar-refractivity contribution in [1.82, 2.24) is 15.0 Å². The van der Waals surface area contributed by atoms with E-state index in [9.17, 15) is 5.26 Å². The number of furan rings is 1. The summed E-state index contributed by atoms with van der Waals surface area (Å²) in [7, 11) is 0. The van der Waals surface area contributed by atoms with Crippen molar-refractivity contribution in [1.29, 1.82) is 5.26 Å². The van der Waals surface area contributed by atoms with Crippen LogP contribution in [0, 0.1) is 29.1 Å². The molecule has 0 spiro atoms. The summed E-state index contributed by atoms with van der Waals surface area (Å²) in [5, 5.41) is 11.4. The van der Waals surface area contributed by atoms with Crippen LogP contribution in [0.25, 0.3) is 67.2 Å². The number of hydrogen-bond acceptors (Lipinski definition) is 5. The smallest absolute Gasteiger partial charge is 0.164 e. The largest absolute Gasteiger partial charge is 0.455 e. The normalized spacial score (nSPS) is 21.7. The molecule has 0 saturated heterocycles. The molecule has 50 heavy (non-hydrogen) atoms. The third kappa shape index (κ3) is 5.27. The predicted octanol–water partition coefficient (Wildman–Crippen LogP) is 11.4. The van der Waals surface area contributed by atoms with Crippen LogP contribution in [-0.2, 0) is 5.41 Å². The molecule has 0 N–H and O–H groups in total. The van der Waals surface area contributed by atoms with E-state index >= 15 is 0 Å². The molecule has 2 heterocycles. The second-order valence-electron chi connectivity index (χ2n) is 14.8. The molecule has 2 fully saturated rings. The van der Waals surface area contributed by atoms with E-state index in [1.54, 1.807) is 12.1 Å². The summed E-state index contributed by atoms with van der Waals surface area (Å²) >= 11 is 0. The van der Waals surface area contributed by atoms with E-state index in [4.69, 9.17) is 19.4 Å². The Balaban J connectivity index is 1.16. The van der Waals surface area contributed by atoms with Gasteiger partial charge in [-0.15, -0.1) is 0 Å². The van der Waals surface area contributed by atoms with Crippen LogP contribution in [0.2, 0.25) is 0 Å². The van der Waals surface area contributed by atoms with Gasteiger partial charge in [-0.25, -0.2) is 15.0 Å². The fraction of sp³-hybridized carbons (Fsp3) is 0.244. The molecule has 5 aromatic carbocycles. The molecule has 2 aliphatic rings. The van der Waals surface area contributed by atoms with E-state index in [0.717, 1.165) is 67.5 Å². The predicted molar refractivity (Wildman–Crippen MR) is 200 cm³/mol. The van der Waals surface area contributed by atoms with Gasteiger partial charge in [0.05, 0.1) is 11.6 Å². The lowest BCUT2D eigenvalue weighted by atomic mass is 9.54. The van der Waals surface area contributed by atoms with Gasteiger partial charge in [-0.2, -0.15) is 5.26 Å². The van der Waals surface area contributed by atoms with E-state index in [1.165, 1.54) is 37.7 Å². The standard InChI is InChI=1S/C45H38N4O/c1-28-22-31-23-29(2)25-45(24-28,26-31)35-20-18-32(19-21-35)36-10-6-11-37-40-38(12-7-13-39(40)50-41(36)37)44-48-42(33-8-4-3-5-9-33)47-43(49-44)34-16-14-30(27-46)15-17-34/h3-21,28-29,31H,22-26H2,1-2H3/t28-,29+,31-,45?. The van der Waals surface area contributed by atoms with Crippen LogP contribution in [0.3, 0.4) is 0 Å². The highest BCUT2D eigenvalue weighted by molar-refractivity contribution is 6.14. The molecule has 5 heteroatoms. The van der Waals surface area contributed by atoms with E-state index in [2.05, 4.69) is 68.4 Å². The quantitative estimate of drug-likeness (QED) is 0.185. The summed E-state index contributed by atoms with van der Waals surface area (Å²) in [5.41, 5.74) is 8.91. The number of benzene rings is 5. The van der Waals surface area contributed by atoms with Crippen molar-refractivity contribution in [3.05, 3.63) is 126 Å². The zero-order valence-corrected chi connectivity index (χ0v) is 28.4. The first-order valence-electron chi connectivity index (χ1n) is 17.8. The number of fused-ring (bicyclic) bond motifs is 5. The van der Waals surface area contributed by atoms with Crippen molar-refractivity contribution in [3.63, 3.8) is 0 Å². The Hall–Kier alpha value is -5.60. The third-order valence-electron chi connectivity index (χ3n) is 11.1. The topological polar surface area (TPSA) is 75.6 Å². The molecule has 0 radical (unpaired) electrons. The lowest BCUT2D eigenvalue weighted by Gasteiger charge is -2.50. The second kappa shape index (κ2) is 12.1. The first-order valence-corrected chi connectivity index (χ1v) is 17.8. The molecule has 2 bridgehead atoms. The van der Waals surface area contributed by atoms with Crippen molar-refractivity contribution in [2.75, 3.05) is 0 Å². The molecule has 4 atom stereocenters. The SMILES string of the molecule is C[C@@H]1C[C@@H]2C[C@H](C)CC(c3ccc(-c4cccc5c4oc4cccc(-c6nc(-c7ccccc7)nc(-c7ccc(C#N)cc7)n6)c45)cc3)(C1)C2. The summed E-state index contributed by atoms with van der Waals surface area (Å²) in [4.78, 5) is 14.9. The number of nitriles is 1. The Morgan fingerprint density at radius 2 is 1.24 bits per heavy atom. The maximum atomic E-state index is 9.36. The highest BCUT2D eigenvalue weighted by Gasteiger charge is 2.45. The Kier molecular flexibility index (Phi) is 7.35. The van der Waals surface area contributed by atoms with Gasteiger partial charge in [0.15, 0.2) is 17.5 Å². The van der Waals surface area contributed by atoms with Crippen molar-refractivity contribution in [2.24, 2.45) is 17.8 Å². The molecule has 5 nitrogen and oxygen atoms in total. The molecule has 0 aliphatic heterocycles. The van der Waals surface area contributed by atoms with Gasteiger partial charge in [-0.3, -0.25) is 0 Å². The lowest BCUT2D eigenvalue weighted by Crippen LogP contribution is -2.42. The minimum atomic E-state index is 0.304. The summed E-state index contributed by atoms with van der Waals surface area (Å²) in [6, 6.07) is 41.5. The number of nitrogens with zero attached hydrogens (tertiary/aromatic N) is 4. The molecule has 7 aromatic rings. The van der Waals surface area contributed by atoms with Crippen LogP contribution in [0.4, 0.5) is 0 Å². The summed E-state index contributed by atoms with van der Waals surface area (Å²) in [6.45, 7) is 4.91. The number of aromatic nitrogens is 3. The minimum absolute atomic E-state index is 0.304. The van der Waals surface area contributed by atoms with Crippen LogP contribution in [0.5, 0.6) is 0 Å². The highest BCUT2D eigenvalue weighted by atomic mass is 16.3. The van der Waals surface area contributed by atoms with Gasteiger partial charge in [0.1, 0.15) is 11.2 Å². The molecule has 2 aliphatic carbocycles. The highest BCUT2D eigenvalue weighted by Crippen LogP contribution is 2.54.